The average molecular weight is 354 g/mol. The van der Waals surface area contributed by atoms with Crippen molar-refractivity contribution in [2.45, 2.75) is 19.9 Å². The van der Waals surface area contributed by atoms with E-state index in [2.05, 4.69) is 4.90 Å². The molecule has 3 rings (SSSR count). The number of esters is 1. The first-order valence-electron chi connectivity index (χ1n) is 7.47. The second kappa shape index (κ2) is 6.56. The molecule has 2 heterocycles. The van der Waals surface area contributed by atoms with Crippen LogP contribution in [0.15, 0.2) is 21.6 Å². The Balaban J connectivity index is 2.15. The molecule has 0 saturated carbocycles. The summed E-state index contributed by atoms with van der Waals surface area (Å²) in [5.74, 6) is 0.0253. The quantitative estimate of drug-likeness (QED) is 0.612. The SMILES string of the molecule is CCOC(=O)/C(Cl)=C\c1oc2ccc(Cl)c3c2c1CN(C)CC3. The summed E-state index contributed by atoms with van der Waals surface area (Å²) in [6.45, 7) is 3.63. The molecule has 0 bridgehead atoms. The normalized spacial score (nSPS) is 15.7. The Hall–Kier alpha value is -1.49. The largest absolute Gasteiger partial charge is 0.462 e. The van der Waals surface area contributed by atoms with Gasteiger partial charge in [-0.2, -0.15) is 0 Å². The maximum Gasteiger partial charge on any atom is 0.349 e. The molecular weight excluding hydrogens is 337 g/mol. The Bertz CT molecular complexity index is 795. The summed E-state index contributed by atoms with van der Waals surface area (Å²) < 4.78 is 10.8. The van der Waals surface area contributed by atoms with Crippen LogP contribution in [0.5, 0.6) is 0 Å². The lowest BCUT2D eigenvalue weighted by Crippen LogP contribution is -2.18. The maximum atomic E-state index is 11.7. The van der Waals surface area contributed by atoms with Gasteiger partial charge in [-0.15, -0.1) is 0 Å². The van der Waals surface area contributed by atoms with Gasteiger partial charge < -0.3 is 14.1 Å². The molecule has 122 valence electrons. The molecule has 2 aromatic rings. The Labute approximate surface area is 144 Å². The van der Waals surface area contributed by atoms with E-state index in [-0.39, 0.29) is 11.6 Å². The van der Waals surface area contributed by atoms with Crippen molar-refractivity contribution < 1.29 is 13.9 Å². The Morgan fingerprint density at radius 3 is 2.96 bits per heavy atom. The van der Waals surface area contributed by atoms with E-state index in [0.29, 0.717) is 12.3 Å². The zero-order valence-electron chi connectivity index (χ0n) is 13.0. The number of carbonyl (C=O) groups excluding carboxylic acids is 1. The zero-order chi connectivity index (χ0) is 16.6. The van der Waals surface area contributed by atoms with Gasteiger partial charge in [0, 0.05) is 35.1 Å². The summed E-state index contributed by atoms with van der Waals surface area (Å²) in [7, 11) is 2.04. The van der Waals surface area contributed by atoms with E-state index in [1.807, 2.05) is 19.2 Å². The molecular formula is C17H17Cl2NO3. The van der Waals surface area contributed by atoms with Gasteiger partial charge in [-0.1, -0.05) is 23.2 Å². The number of hydrogen-bond donors (Lipinski definition) is 0. The van der Waals surface area contributed by atoms with Gasteiger partial charge in [0.15, 0.2) is 0 Å². The number of benzene rings is 1. The molecule has 1 aliphatic heterocycles. The van der Waals surface area contributed by atoms with Crippen LogP contribution >= 0.6 is 23.2 Å². The standard InChI is InChI=1S/C17H17Cl2NO3/c1-3-22-17(21)13(19)8-15-11-9-20(2)7-6-10-12(18)4-5-14(23-15)16(10)11/h4-5,8H,3,6-7,9H2,1-2H3/b13-8+. The molecule has 23 heavy (non-hydrogen) atoms. The van der Waals surface area contributed by atoms with E-state index in [0.717, 1.165) is 40.1 Å². The van der Waals surface area contributed by atoms with E-state index in [4.69, 9.17) is 32.4 Å². The summed E-state index contributed by atoms with van der Waals surface area (Å²) in [5.41, 5.74) is 2.84. The number of halogens is 2. The number of hydrogen-bond acceptors (Lipinski definition) is 4. The van der Waals surface area contributed by atoms with E-state index < -0.39 is 5.97 Å². The highest BCUT2D eigenvalue weighted by molar-refractivity contribution is 6.43. The molecule has 0 fully saturated rings. The Kier molecular flexibility index (Phi) is 4.67. The Morgan fingerprint density at radius 2 is 2.22 bits per heavy atom. The first-order valence-corrected chi connectivity index (χ1v) is 8.22. The third kappa shape index (κ3) is 3.11. The second-order valence-corrected chi connectivity index (χ2v) is 6.36. The Morgan fingerprint density at radius 1 is 1.43 bits per heavy atom. The fourth-order valence-corrected chi connectivity index (χ4v) is 3.27. The van der Waals surface area contributed by atoms with Gasteiger partial charge in [0.1, 0.15) is 16.4 Å². The predicted octanol–water partition coefficient (Wildman–Crippen LogP) is 4.22. The van der Waals surface area contributed by atoms with Gasteiger partial charge in [0.2, 0.25) is 0 Å². The molecule has 0 saturated heterocycles. The molecule has 6 heteroatoms. The minimum absolute atomic E-state index is 0.00158. The lowest BCUT2D eigenvalue weighted by molar-refractivity contribution is -0.137. The van der Waals surface area contributed by atoms with Gasteiger partial charge in [-0.25, -0.2) is 4.79 Å². The monoisotopic (exact) mass is 353 g/mol. The van der Waals surface area contributed by atoms with Crippen LogP contribution < -0.4 is 0 Å². The lowest BCUT2D eigenvalue weighted by Gasteiger charge is -2.13. The average Bonchev–Trinajstić information content (AvgIpc) is 2.73. The highest BCUT2D eigenvalue weighted by atomic mass is 35.5. The third-order valence-electron chi connectivity index (χ3n) is 3.94. The van der Waals surface area contributed by atoms with Gasteiger partial charge in [-0.05, 0) is 38.1 Å². The fourth-order valence-electron chi connectivity index (χ4n) is 2.86. The van der Waals surface area contributed by atoms with Crippen molar-refractivity contribution >= 4 is 46.2 Å². The van der Waals surface area contributed by atoms with Crippen molar-refractivity contribution in [2.75, 3.05) is 20.2 Å². The summed E-state index contributed by atoms with van der Waals surface area (Å²) in [6.07, 6.45) is 2.39. The van der Waals surface area contributed by atoms with E-state index in [1.54, 1.807) is 6.92 Å². The lowest BCUT2D eigenvalue weighted by atomic mass is 10.0. The third-order valence-corrected chi connectivity index (χ3v) is 4.55. The van der Waals surface area contributed by atoms with Crippen molar-refractivity contribution in [1.82, 2.24) is 4.90 Å². The molecule has 1 aromatic heterocycles. The number of furan rings is 1. The van der Waals surface area contributed by atoms with Gasteiger partial charge in [0.25, 0.3) is 0 Å². The van der Waals surface area contributed by atoms with Crippen molar-refractivity contribution in [3.05, 3.63) is 39.1 Å². The molecule has 0 unspecified atom stereocenters. The molecule has 4 nitrogen and oxygen atoms in total. The minimum atomic E-state index is -0.554. The number of ether oxygens (including phenoxy) is 1. The van der Waals surface area contributed by atoms with Crippen LogP contribution in [0.25, 0.3) is 17.0 Å². The molecule has 1 aliphatic rings. The fraction of sp³-hybridized carbons (Fsp3) is 0.353. The molecule has 1 aromatic carbocycles. The summed E-state index contributed by atoms with van der Waals surface area (Å²) >= 11 is 12.4. The summed E-state index contributed by atoms with van der Waals surface area (Å²) in [5, 5.41) is 1.77. The van der Waals surface area contributed by atoms with E-state index in [9.17, 15) is 4.79 Å². The van der Waals surface area contributed by atoms with Crippen LogP contribution in [-0.2, 0) is 22.5 Å². The highest BCUT2D eigenvalue weighted by Crippen LogP contribution is 2.37. The van der Waals surface area contributed by atoms with Gasteiger partial charge in [0.05, 0.1) is 6.61 Å². The van der Waals surface area contributed by atoms with Crippen LogP contribution in [0.1, 0.15) is 23.8 Å². The zero-order valence-corrected chi connectivity index (χ0v) is 14.5. The molecule has 0 amide bonds. The number of carbonyl (C=O) groups is 1. The molecule has 0 aliphatic carbocycles. The number of likely N-dealkylation sites (N-methyl/N-ethyl adjacent to an activating group) is 1. The van der Waals surface area contributed by atoms with E-state index in [1.165, 1.54) is 6.08 Å². The van der Waals surface area contributed by atoms with Crippen LogP contribution in [-0.4, -0.2) is 31.1 Å². The maximum absolute atomic E-state index is 11.7. The molecule has 0 radical (unpaired) electrons. The van der Waals surface area contributed by atoms with Crippen molar-refractivity contribution in [3.63, 3.8) is 0 Å². The van der Waals surface area contributed by atoms with Gasteiger partial charge >= 0.3 is 5.97 Å². The summed E-state index contributed by atoms with van der Waals surface area (Å²) in [4.78, 5) is 13.9. The number of nitrogens with zero attached hydrogens (tertiary/aromatic N) is 1. The minimum Gasteiger partial charge on any atom is -0.462 e. The van der Waals surface area contributed by atoms with Gasteiger partial charge in [-0.3, -0.25) is 0 Å². The molecule has 0 N–H and O–H groups in total. The predicted molar refractivity (Wildman–Crippen MR) is 91.7 cm³/mol. The first kappa shape index (κ1) is 16.4. The van der Waals surface area contributed by atoms with Crippen LogP contribution in [0, 0.1) is 0 Å². The van der Waals surface area contributed by atoms with Crippen LogP contribution in [0.2, 0.25) is 5.02 Å². The van der Waals surface area contributed by atoms with E-state index >= 15 is 0 Å². The van der Waals surface area contributed by atoms with Crippen molar-refractivity contribution in [3.8, 4) is 0 Å². The van der Waals surface area contributed by atoms with Crippen LogP contribution in [0.3, 0.4) is 0 Å². The first-order chi connectivity index (χ1) is 11.0. The van der Waals surface area contributed by atoms with Crippen molar-refractivity contribution in [2.24, 2.45) is 0 Å². The smallest absolute Gasteiger partial charge is 0.349 e. The topological polar surface area (TPSA) is 42.7 Å². The number of rotatable bonds is 3. The highest BCUT2D eigenvalue weighted by Gasteiger charge is 2.23. The van der Waals surface area contributed by atoms with Crippen LogP contribution in [0.4, 0.5) is 0 Å². The van der Waals surface area contributed by atoms with Crippen molar-refractivity contribution in [1.29, 1.82) is 0 Å². The second-order valence-electron chi connectivity index (χ2n) is 5.54. The molecule has 0 spiro atoms. The summed E-state index contributed by atoms with van der Waals surface area (Å²) in [6, 6.07) is 3.70. The molecule has 0 atom stereocenters.